The van der Waals surface area contributed by atoms with Crippen LogP contribution in [0.1, 0.15) is 15.9 Å². The van der Waals surface area contributed by atoms with Crippen LogP contribution in [0.15, 0.2) is 18.2 Å². The lowest BCUT2D eigenvalue weighted by Crippen LogP contribution is -1.87. The summed E-state index contributed by atoms with van der Waals surface area (Å²) in [5, 5.41) is 8.41. The molecule has 1 aromatic carbocycles. The van der Waals surface area contributed by atoms with E-state index >= 15 is 0 Å². The van der Waals surface area contributed by atoms with Crippen molar-refractivity contribution >= 4 is 6.29 Å². The molecule has 0 saturated heterocycles. The summed E-state index contributed by atoms with van der Waals surface area (Å²) in [5.74, 6) is -0.508. The minimum Gasteiger partial charge on any atom is -0.298 e. The maximum absolute atomic E-state index is 12.4. The molecule has 0 unspecified atom stereocenters. The summed E-state index contributed by atoms with van der Waals surface area (Å²) in [4.78, 5) is 10.2. The van der Waals surface area contributed by atoms with E-state index in [1.807, 2.05) is 0 Å². The van der Waals surface area contributed by atoms with Crippen LogP contribution in [-0.2, 0) is 0 Å². The highest BCUT2D eigenvalue weighted by Crippen LogP contribution is 2.07. The highest BCUT2D eigenvalue weighted by Gasteiger charge is 2.00. The molecule has 0 aliphatic rings. The number of nitrogens with zero attached hydrogens (tertiary/aromatic N) is 1. The second-order valence-electron chi connectivity index (χ2n) is 1.96. The summed E-state index contributed by atoms with van der Waals surface area (Å²) in [6, 6.07) is 5.23. The molecule has 0 atom stereocenters. The Morgan fingerprint density at radius 3 is 2.82 bits per heavy atom. The van der Waals surface area contributed by atoms with Gasteiger partial charge in [-0.05, 0) is 18.2 Å². The molecule has 0 fully saturated rings. The van der Waals surface area contributed by atoms with E-state index in [0.29, 0.717) is 6.29 Å². The Bertz CT molecular complexity index is 327. The van der Waals surface area contributed by atoms with Crippen molar-refractivity contribution in [3.8, 4) is 6.07 Å². The Kier molecular flexibility index (Phi) is 1.98. The van der Waals surface area contributed by atoms with Gasteiger partial charge in [-0.3, -0.25) is 4.79 Å². The van der Waals surface area contributed by atoms with Crippen LogP contribution in [0.4, 0.5) is 4.39 Å². The molecule has 0 heterocycles. The lowest BCUT2D eigenvalue weighted by Gasteiger charge is -1.92. The average Bonchev–Trinajstić information content (AvgIpc) is 2.04. The van der Waals surface area contributed by atoms with Crippen molar-refractivity contribution in [3.63, 3.8) is 0 Å². The van der Waals surface area contributed by atoms with Gasteiger partial charge < -0.3 is 0 Å². The van der Waals surface area contributed by atoms with Crippen molar-refractivity contribution in [1.29, 1.82) is 5.26 Å². The van der Waals surface area contributed by atoms with Crippen LogP contribution in [0.2, 0.25) is 0 Å². The number of benzene rings is 1. The Labute approximate surface area is 62.9 Å². The Morgan fingerprint density at radius 2 is 2.27 bits per heavy atom. The number of hydrogen-bond acceptors (Lipinski definition) is 2. The number of nitriles is 1. The predicted molar refractivity (Wildman–Crippen MR) is 36.5 cm³/mol. The average molecular weight is 149 g/mol. The van der Waals surface area contributed by atoms with Crippen molar-refractivity contribution in [2.24, 2.45) is 0 Å². The summed E-state index contributed by atoms with van der Waals surface area (Å²) in [6.07, 6.45) is 0.460. The van der Waals surface area contributed by atoms with E-state index in [1.54, 1.807) is 6.07 Å². The highest BCUT2D eigenvalue weighted by atomic mass is 19.1. The van der Waals surface area contributed by atoms with Gasteiger partial charge in [-0.1, -0.05) is 0 Å². The van der Waals surface area contributed by atoms with Crippen molar-refractivity contribution in [2.45, 2.75) is 0 Å². The van der Waals surface area contributed by atoms with Gasteiger partial charge in [0.05, 0.1) is 11.6 Å². The van der Waals surface area contributed by atoms with Crippen LogP contribution >= 0.6 is 0 Å². The van der Waals surface area contributed by atoms with Gasteiger partial charge in [-0.2, -0.15) is 5.26 Å². The number of rotatable bonds is 1. The van der Waals surface area contributed by atoms with Crippen LogP contribution in [0.3, 0.4) is 0 Å². The van der Waals surface area contributed by atoms with E-state index in [0.717, 1.165) is 12.1 Å². The van der Waals surface area contributed by atoms with Crippen LogP contribution in [-0.4, -0.2) is 6.29 Å². The minimum atomic E-state index is -0.508. The molecule has 0 aliphatic heterocycles. The largest absolute Gasteiger partial charge is 0.298 e. The SMILES string of the molecule is N#Cc1ccc(F)cc1C=O. The second-order valence-corrected chi connectivity index (χ2v) is 1.96. The smallest absolute Gasteiger partial charge is 0.151 e. The van der Waals surface area contributed by atoms with E-state index in [4.69, 9.17) is 5.26 Å². The summed E-state index contributed by atoms with van der Waals surface area (Å²) in [7, 11) is 0. The molecule has 1 aromatic rings. The molecule has 1 rings (SSSR count). The van der Waals surface area contributed by atoms with Crippen LogP contribution in [0.25, 0.3) is 0 Å². The number of carbonyl (C=O) groups is 1. The molecule has 0 saturated carbocycles. The first-order valence-corrected chi connectivity index (χ1v) is 2.93. The molecule has 0 amide bonds. The van der Waals surface area contributed by atoms with Crippen LogP contribution in [0, 0.1) is 17.1 Å². The van der Waals surface area contributed by atoms with Crippen LogP contribution in [0.5, 0.6) is 0 Å². The van der Waals surface area contributed by atoms with Gasteiger partial charge in [0.2, 0.25) is 0 Å². The van der Waals surface area contributed by atoms with E-state index < -0.39 is 5.82 Å². The number of halogens is 1. The third-order valence-corrected chi connectivity index (χ3v) is 1.26. The summed E-state index contributed by atoms with van der Waals surface area (Å²) < 4.78 is 12.4. The first-order chi connectivity index (χ1) is 5.27. The summed E-state index contributed by atoms with van der Waals surface area (Å²) in [6.45, 7) is 0. The van der Waals surface area contributed by atoms with Crippen molar-refractivity contribution in [1.82, 2.24) is 0 Å². The molecule has 11 heavy (non-hydrogen) atoms. The maximum Gasteiger partial charge on any atom is 0.151 e. The monoisotopic (exact) mass is 149 g/mol. The summed E-state index contributed by atoms with van der Waals surface area (Å²) >= 11 is 0. The third-order valence-electron chi connectivity index (χ3n) is 1.26. The van der Waals surface area contributed by atoms with E-state index in [9.17, 15) is 9.18 Å². The Balaban J connectivity index is 3.30. The van der Waals surface area contributed by atoms with Crippen molar-refractivity contribution in [2.75, 3.05) is 0 Å². The zero-order chi connectivity index (χ0) is 8.27. The second kappa shape index (κ2) is 2.93. The highest BCUT2D eigenvalue weighted by molar-refractivity contribution is 5.78. The van der Waals surface area contributed by atoms with Crippen molar-refractivity contribution < 1.29 is 9.18 Å². The van der Waals surface area contributed by atoms with E-state index in [-0.39, 0.29) is 11.1 Å². The molecule has 0 aromatic heterocycles. The van der Waals surface area contributed by atoms with Gasteiger partial charge in [0.1, 0.15) is 5.82 Å². The first-order valence-electron chi connectivity index (χ1n) is 2.93. The maximum atomic E-state index is 12.4. The molecule has 3 heteroatoms. The Morgan fingerprint density at radius 1 is 1.55 bits per heavy atom. The molecule has 0 spiro atoms. The van der Waals surface area contributed by atoms with Crippen LogP contribution < -0.4 is 0 Å². The topological polar surface area (TPSA) is 40.9 Å². The molecular weight excluding hydrogens is 145 g/mol. The Hall–Kier alpha value is -1.69. The fraction of sp³-hybridized carbons (Fsp3) is 0. The molecule has 0 aliphatic carbocycles. The zero-order valence-electron chi connectivity index (χ0n) is 5.54. The fourth-order valence-corrected chi connectivity index (χ4v) is 0.733. The van der Waals surface area contributed by atoms with Gasteiger partial charge in [0.15, 0.2) is 6.29 Å². The zero-order valence-corrected chi connectivity index (χ0v) is 5.54. The number of aldehydes is 1. The lowest BCUT2D eigenvalue weighted by atomic mass is 10.1. The predicted octanol–water partition coefficient (Wildman–Crippen LogP) is 1.51. The van der Waals surface area contributed by atoms with Gasteiger partial charge in [0, 0.05) is 5.56 Å². The summed E-state index contributed by atoms with van der Waals surface area (Å²) in [5.41, 5.74) is 0.286. The molecular formula is C8H4FNO. The normalized spacial score (nSPS) is 8.73. The first kappa shape index (κ1) is 7.42. The molecule has 54 valence electrons. The standard InChI is InChI=1S/C8H4FNO/c9-8-2-1-6(4-10)7(3-8)5-11/h1-3,5H. The number of carbonyl (C=O) groups excluding carboxylic acids is 1. The van der Waals surface area contributed by atoms with Crippen molar-refractivity contribution in [3.05, 3.63) is 35.1 Å². The third kappa shape index (κ3) is 1.41. The van der Waals surface area contributed by atoms with Gasteiger partial charge in [0.25, 0.3) is 0 Å². The lowest BCUT2D eigenvalue weighted by molar-refractivity contribution is 0.112. The molecule has 0 bridgehead atoms. The molecule has 0 N–H and O–H groups in total. The van der Waals surface area contributed by atoms with E-state index in [1.165, 1.54) is 6.07 Å². The number of hydrogen-bond donors (Lipinski definition) is 0. The quantitative estimate of drug-likeness (QED) is 0.568. The molecule has 2 nitrogen and oxygen atoms in total. The fourth-order valence-electron chi connectivity index (χ4n) is 0.733. The minimum absolute atomic E-state index is 0.0903. The molecule has 0 radical (unpaired) electrons. The van der Waals surface area contributed by atoms with E-state index in [2.05, 4.69) is 0 Å². The van der Waals surface area contributed by atoms with Gasteiger partial charge >= 0.3 is 0 Å². The van der Waals surface area contributed by atoms with Gasteiger partial charge in [-0.15, -0.1) is 0 Å². The van der Waals surface area contributed by atoms with Gasteiger partial charge in [-0.25, -0.2) is 4.39 Å².